The number of hydrogen-bond donors (Lipinski definition) is 0. The van der Waals surface area contributed by atoms with Crippen molar-refractivity contribution in [2.75, 3.05) is 13.2 Å². The van der Waals surface area contributed by atoms with Crippen molar-refractivity contribution in [2.24, 2.45) is 5.92 Å². The number of carbonyl (C=O) groups excluding carboxylic acids is 1. The first kappa shape index (κ1) is 24.1. The molecule has 5 nitrogen and oxygen atoms in total. The van der Waals surface area contributed by atoms with E-state index in [1.54, 1.807) is 0 Å². The Balaban J connectivity index is 1.55. The Morgan fingerprint density at radius 3 is 2.37 bits per heavy atom. The van der Waals surface area contributed by atoms with Gasteiger partial charge in [-0.05, 0) is 80.9 Å². The summed E-state index contributed by atoms with van der Waals surface area (Å²) in [6.07, 6.45) is 15.6. The molecule has 1 aromatic carbocycles. The fourth-order valence-electron chi connectivity index (χ4n) is 4.31. The Bertz CT molecular complexity index is 645. The second kappa shape index (κ2) is 14.8. The van der Waals surface area contributed by atoms with Crippen molar-refractivity contribution in [3.05, 3.63) is 35.4 Å². The maximum Gasteiger partial charge on any atom is 0.413 e. The SMILES string of the molecule is CCCCCC1CCC(c2ccc(OCCCCCCOC(=O)C=[N+]=[N-])cc2)CC1. The summed E-state index contributed by atoms with van der Waals surface area (Å²) in [6.45, 7) is 3.34. The van der Waals surface area contributed by atoms with E-state index in [2.05, 4.69) is 36.0 Å². The molecule has 0 aromatic heterocycles. The van der Waals surface area contributed by atoms with Gasteiger partial charge in [-0.15, -0.1) is 0 Å². The normalized spacial score (nSPS) is 18.4. The van der Waals surface area contributed by atoms with Crippen molar-refractivity contribution in [3.8, 4) is 5.75 Å². The van der Waals surface area contributed by atoms with Crippen LogP contribution in [0.1, 0.15) is 95.5 Å². The molecule has 0 saturated heterocycles. The van der Waals surface area contributed by atoms with Gasteiger partial charge in [0, 0.05) is 0 Å². The molecule has 166 valence electrons. The third-order valence-corrected chi connectivity index (χ3v) is 6.13. The number of nitrogens with zero attached hydrogens (tertiary/aromatic N) is 2. The van der Waals surface area contributed by atoms with E-state index in [0.717, 1.165) is 49.5 Å². The van der Waals surface area contributed by atoms with E-state index in [1.807, 2.05) is 0 Å². The molecule has 1 aliphatic carbocycles. The molecular weight excluding hydrogens is 376 g/mol. The van der Waals surface area contributed by atoms with Crippen LogP contribution in [0.3, 0.4) is 0 Å². The highest BCUT2D eigenvalue weighted by Crippen LogP contribution is 2.38. The van der Waals surface area contributed by atoms with Gasteiger partial charge >= 0.3 is 12.2 Å². The van der Waals surface area contributed by atoms with Crippen LogP contribution in [0.2, 0.25) is 0 Å². The van der Waals surface area contributed by atoms with Crippen LogP contribution in [0.15, 0.2) is 24.3 Å². The molecule has 0 spiro atoms. The summed E-state index contributed by atoms with van der Waals surface area (Å²) in [4.78, 5) is 13.6. The number of unbranched alkanes of at least 4 members (excludes halogenated alkanes) is 5. The van der Waals surface area contributed by atoms with Gasteiger partial charge in [-0.2, -0.15) is 4.79 Å². The minimum atomic E-state index is -0.607. The summed E-state index contributed by atoms with van der Waals surface area (Å²) in [7, 11) is 0. The molecule has 0 atom stereocenters. The predicted molar refractivity (Wildman–Crippen MR) is 120 cm³/mol. The van der Waals surface area contributed by atoms with Crippen molar-refractivity contribution < 1.29 is 19.1 Å². The van der Waals surface area contributed by atoms with E-state index in [1.165, 1.54) is 56.9 Å². The van der Waals surface area contributed by atoms with E-state index >= 15 is 0 Å². The molecule has 2 rings (SSSR count). The van der Waals surface area contributed by atoms with Crippen LogP contribution in [0.5, 0.6) is 5.75 Å². The zero-order valence-electron chi connectivity index (χ0n) is 18.6. The molecule has 0 bridgehead atoms. The van der Waals surface area contributed by atoms with Crippen molar-refractivity contribution in [1.29, 1.82) is 0 Å². The first-order valence-electron chi connectivity index (χ1n) is 11.8. The Morgan fingerprint density at radius 1 is 1.00 bits per heavy atom. The number of esters is 1. The molecule has 1 saturated carbocycles. The first-order chi connectivity index (χ1) is 14.7. The number of ether oxygens (including phenoxy) is 2. The van der Waals surface area contributed by atoms with Gasteiger partial charge in [0.2, 0.25) is 0 Å². The number of hydrogen-bond acceptors (Lipinski definition) is 3. The highest BCUT2D eigenvalue weighted by atomic mass is 16.5. The monoisotopic (exact) mass is 414 g/mol. The van der Waals surface area contributed by atoms with E-state index in [0.29, 0.717) is 13.2 Å². The van der Waals surface area contributed by atoms with E-state index in [4.69, 9.17) is 15.0 Å². The van der Waals surface area contributed by atoms with Gasteiger partial charge < -0.3 is 15.0 Å². The van der Waals surface area contributed by atoms with Crippen LogP contribution in [0, 0.1) is 5.92 Å². The van der Waals surface area contributed by atoms with Crippen molar-refractivity contribution in [3.63, 3.8) is 0 Å². The third-order valence-electron chi connectivity index (χ3n) is 6.13. The van der Waals surface area contributed by atoms with Crippen LogP contribution < -0.4 is 4.74 Å². The standard InChI is InChI=1S/C25H38N2O3/c1-2-3-6-9-21-10-12-22(13-11-21)23-14-16-24(17-15-23)29-18-7-4-5-8-19-30-25(28)20-27-26/h14-17,20-22H,2-13,18-19H2,1H3. The van der Waals surface area contributed by atoms with Crippen LogP contribution in [-0.4, -0.2) is 30.2 Å². The Kier molecular flexibility index (Phi) is 11.9. The highest BCUT2D eigenvalue weighted by molar-refractivity contribution is 6.20. The topological polar surface area (TPSA) is 71.9 Å². The molecule has 0 heterocycles. The summed E-state index contributed by atoms with van der Waals surface area (Å²) >= 11 is 0. The highest BCUT2D eigenvalue weighted by Gasteiger charge is 2.22. The van der Waals surface area contributed by atoms with Crippen molar-refractivity contribution in [2.45, 2.75) is 89.9 Å². The molecule has 1 aromatic rings. The minimum absolute atomic E-state index is 0.355. The Labute approximate surface area is 181 Å². The fourth-order valence-corrected chi connectivity index (χ4v) is 4.31. The third kappa shape index (κ3) is 9.58. The summed E-state index contributed by atoms with van der Waals surface area (Å²) in [5.41, 5.74) is 9.68. The summed E-state index contributed by atoms with van der Waals surface area (Å²) < 4.78 is 10.7. The molecule has 0 N–H and O–H groups in total. The lowest BCUT2D eigenvalue weighted by molar-refractivity contribution is -0.139. The van der Waals surface area contributed by atoms with Crippen LogP contribution in [0.4, 0.5) is 0 Å². The van der Waals surface area contributed by atoms with Crippen LogP contribution in [-0.2, 0) is 9.53 Å². The molecule has 0 amide bonds. The van der Waals surface area contributed by atoms with Crippen molar-refractivity contribution >= 4 is 12.2 Å². The second-order valence-corrected chi connectivity index (χ2v) is 8.46. The van der Waals surface area contributed by atoms with Gasteiger partial charge in [-0.1, -0.05) is 44.7 Å². The molecule has 5 heteroatoms. The average molecular weight is 415 g/mol. The van der Waals surface area contributed by atoms with Gasteiger partial charge in [0.1, 0.15) is 5.75 Å². The molecule has 0 aliphatic heterocycles. The van der Waals surface area contributed by atoms with Crippen molar-refractivity contribution in [1.82, 2.24) is 0 Å². The summed E-state index contributed by atoms with van der Waals surface area (Å²) in [5, 5.41) is 0. The van der Waals surface area contributed by atoms with E-state index in [9.17, 15) is 4.79 Å². The van der Waals surface area contributed by atoms with Gasteiger partial charge in [-0.3, -0.25) is 0 Å². The maximum atomic E-state index is 11.0. The minimum Gasteiger partial charge on any atom is -0.494 e. The zero-order valence-corrected chi connectivity index (χ0v) is 18.6. The molecule has 0 unspecified atom stereocenters. The van der Waals surface area contributed by atoms with Crippen LogP contribution in [0.25, 0.3) is 5.53 Å². The van der Waals surface area contributed by atoms with Gasteiger partial charge in [0.05, 0.1) is 13.2 Å². The lowest BCUT2D eigenvalue weighted by Gasteiger charge is -2.29. The summed E-state index contributed by atoms with van der Waals surface area (Å²) in [6, 6.07) is 8.73. The maximum absolute atomic E-state index is 11.0. The quantitative estimate of drug-likeness (QED) is 0.117. The Hall–Kier alpha value is -2.13. The predicted octanol–water partition coefficient (Wildman–Crippen LogP) is 6.32. The van der Waals surface area contributed by atoms with E-state index in [-0.39, 0.29) is 0 Å². The summed E-state index contributed by atoms with van der Waals surface area (Å²) in [5.74, 6) is 2.02. The second-order valence-electron chi connectivity index (χ2n) is 8.46. The molecular formula is C25H38N2O3. The first-order valence-corrected chi connectivity index (χ1v) is 11.8. The number of benzene rings is 1. The Morgan fingerprint density at radius 2 is 1.70 bits per heavy atom. The largest absolute Gasteiger partial charge is 0.494 e. The fraction of sp³-hybridized carbons (Fsp3) is 0.680. The molecule has 1 fully saturated rings. The van der Waals surface area contributed by atoms with E-state index < -0.39 is 5.97 Å². The molecule has 0 radical (unpaired) electrons. The smallest absolute Gasteiger partial charge is 0.413 e. The number of carbonyl (C=O) groups is 1. The lowest BCUT2D eigenvalue weighted by Crippen LogP contribution is -2.13. The average Bonchev–Trinajstić information content (AvgIpc) is 2.77. The lowest BCUT2D eigenvalue weighted by atomic mass is 9.77. The van der Waals surface area contributed by atoms with Gasteiger partial charge in [0.15, 0.2) is 0 Å². The van der Waals surface area contributed by atoms with Gasteiger partial charge in [0.25, 0.3) is 0 Å². The number of rotatable bonds is 14. The molecule has 30 heavy (non-hydrogen) atoms. The van der Waals surface area contributed by atoms with Gasteiger partial charge in [-0.25, -0.2) is 4.79 Å². The zero-order chi connectivity index (χ0) is 21.4. The van der Waals surface area contributed by atoms with Crippen LogP contribution >= 0.6 is 0 Å². The molecule has 1 aliphatic rings.